The van der Waals surface area contributed by atoms with Crippen molar-refractivity contribution in [2.24, 2.45) is 5.92 Å². The first-order valence-corrected chi connectivity index (χ1v) is 10.5. The SMILES string of the molecule is COC(=O)c1cccc(CN2C(=O)C(=C(c3ccc(F)cc3)C(C)C)c3ccccc32)c1. The number of carbonyl (C=O) groups is 2. The molecular weight excluding hydrogens is 405 g/mol. The molecule has 0 bridgehead atoms. The number of para-hydroxylation sites is 1. The van der Waals surface area contributed by atoms with E-state index in [1.165, 1.54) is 19.2 Å². The molecule has 3 aromatic rings. The van der Waals surface area contributed by atoms with Gasteiger partial charge < -0.3 is 9.64 Å². The summed E-state index contributed by atoms with van der Waals surface area (Å²) in [4.78, 5) is 27.4. The Kier molecular flexibility index (Phi) is 5.91. The van der Waals surface area contributed by atoms with E-state index in [1.54, 1.807) is 35.2 Å². The Morgan fingerprint density at radius 3 is 2.38 bits per heavy atom. The van der Waals surface area contributed by atoms with Gasteiger partial charge in [0, 0.05) is 5.56 Å². The average Bonchev–Trinajstić information content (AvgIpc) is 3.06. The number of anilines is 1. The molecular formula is C27H24FNO3. The van der Waals surface area contributed by atoms with Crippen LogP contribution in [-0.4, -0.2) is 19.0 Å². The van der Waals surface area contributed by atoms with E-state index in [9.17, 15) is 14.0 Å². The zero-order chi connectivity index (χ0) is 22.8. The number of benzene rings is 3. The maximum atomic E-state index is 13.7. The van der Waals surface area contributed by atoms with E-state index < -0.39 is 5.97 Å². The molecule has 0 saturated heterocycles. The summed E-state index contributed by atoms with van der Waals surface area (Å²) in [6, 6.07) is 21.0. The lowest BCUT2D eigenvalue weighted by Crippen LogP contribution is -2.26. The summed E-state index contributed by atoms with van der Waals surface area (Å²) in [6.45, 7) is 4.38. The predicted molar refractivity (Wildman–Crippen MR) is 123 cm³/mol. The normalized spacial score (nSPS) is 14.5. The van der Waals surface area contributed by atoms with Crippen LogP contribution in [0.3, 0.4) is 0 Å². The number of amides is 1. The van der Waals surface area contributed by atoms with Gasteiger partial charge in [-0.25, -0.2) is 9.18 Å². The van der Waals surface area contributed by atoms with Crippen LogP contribution < -0.4 is 4.90 Å². The summed E-state index contributed by atoms with van der Waals surface area (Å²) in [6.07, 6.45) is 0. The molecule has 32 heavy (non-hydrogen) atoms. The Bertz CT molecular complexity index is 1210. The molecule has 4 nitrogen and oxygen atoms in total. The van der Waals surface area contributed by atoms with Gasteiger partial charge in [0.05, 0.1) is 30.5 Å². The Morgan fingerprint density at radius 1 is 0.969 bits per heavy atom. The average molecular weight is 429 g/mol. The summed E-state index contributed by atoms with van der Waals surface area (Å²) < 4.78 is 18.4. The van der Waals surface area contributed by atoms with Crippen molar-refractivity contribution < 1.29 is 18.7 Å². The van der Waals surface area contributed by atoms with Crippen LogP contribution in [0.4, 0.5) is 10.1 Å². The molecule has 4 rings (SSSR count). The third-order valence-electron chi connectivity index (χ3n) is 5.61. The van der Waals surface area contributed by atoms with Gasteiger partial charge in [-0.2, -0.15) is 0 Å². The molecule has 0 fully saturated rings. The van der Waals surface area contributed by atoms with E-state index in [1.807, 2.05) is 44.2 Å². The Hall–Kier alpha value is -3.73. The van der Waals surface area contributed by atoms with Gasteiger partial charge in [0.2, 0.25) is 0 Å². The molecule has 1 amide bonds. The van der Waals surface area contributed by atoms with Crippen molar-refractivity contribution in [1.29, 1.82) is 0 Å². The van der Waals surface area contributed by atoms with Gasteiger partial charge in [-0.15, -0.1) is 0 Å². The fourth-order valence-corrected chi connectivity index (χ4v) is 4.19. The molecule has 162 valence electrons. The number of nitrogens with zero attached hydrogens (tertiary/aromatic N) is 1. The highest BCUT2D eigenvalue weighted by atomic mass is 19.1. The van der Waals surface area contributed by atoms with E-state index in [2.05, 4.69) is 0 Å². The summed E-state index contributed by atoms with van der Waals surface area (Å²) in [5.41, 5.74) is 5.28. The Balaban J connectivity index is 1.81. The molecule has 0 aliphatic carbocycles. The lowest BCUT2D eigenvalue weighted by atomic mass is 9.88. The van der Waals surface area contributed by atoms with Gasteiger partial charge in [0.15, 0.2) is 0 Å². The van der Waals surface area contributed by atoms with Crippen molar-refractivity contribution in [1.82, 2.24) is 0 Å². The molecule has 1 heterocycles. The predicted octanol–water partition coefficient (Wildman–Crippen LogP) is 5.73. The first-order valence-electron chi connectivity index (χ1n) is 10.5. The molecule has 1 aliphatic heterocycles. The van der Waals surface area contributed by atoms with E-state index in [0.717, 1.165) is 28.0 Å². The van der Waals surface area contributed by atoms with Crippen LogP contribution in [0.1, 0.15) is 40.9 Å². The minimum Gasteiger partial charge on any atom is -0.465 e. The number of ether oxygens (including phenoxy) is 1. The summed E-state index contributed by atoms with van der Waals surface area (Å²) in [5, 5.41) is 0. The largest absolute Gasteiger partial charge is 0.465 e. The van der Waals surface area contributed by atoms with Crippen molar-refractivity contribution in [3.05, 3.63) is 101 Å². The number of rotatable bonds is 5. The molecule has 0 spiro atoms. The van der Waals surface area contributed by atoms with Crippen molar-refractivity contribution in [3.63, 3.8) is 0 Å². The Morgan fingerprint density at radius 2 is 1.69 bits per heavy atom. The van der Waals surface area contributed by atoms with Gasteiger partial charge in [0.1, 0.15) is 5.82 Å². The number of carbonyl (C=O) groups excluding carboxylic acids is 2. The number of hydrogen-bond donors (Lipinski definition) is 0. The van der Waals surface area contributed by atoms with Gasteiger partial charge >= 0.3 is 5.97 Å². The van der Waals surface area contributed by atoms with Crippen LogP contribution in [0.25, 0.3) is 11.1 Å². The highest BCUT2D eigenvalue weighted by molar-refractivity contribution is 6.37. The number of allylic oxidation sites excluding steroid dienone is 1. The number of methoxy groups -OCH3 is 1. The second kappa shape index (κ2) is 8.79. The second-order valence-electron chi connectivity index (χ2n) is 8.05. The van der Waals surface area contributed by atoms with Crippen LogP contribution in [0, 0.1) is 11.7 Å². The van der Waals surface area contributed by atoms with Crippen LogP contribution in [0.15, 0.2) is 72.8 Å². The van der Waals surface area contributed by atoms with E-state index in [0.29, 0.717) is 17.7 Å². The van der Waals surface area contributed by atoms with E-state index >= 15 is 0 Å². The molecule has 0 unspecified atom stereocenters. The monoisotopic (exact) mass is 429 g/mol. The topological polar surface area (TPSA) is 46.6 Å². The van der Waals surface area contributed by atoms with Crippen molar-refractivity contribution in [2.45, 2.75) is 20.4 Å². The maximum absolute atomic E-state index is 13.7. The molecule has 0 aromatic heterocycles. The van der Waals surface area contributed by atoms with Crippen LogP contribution >= 0.6 is 0 Å². The van der Waals surface area contributed by atoms with Crippen LogP contribution in [-0.2, 0) is 16.1 Å². The molecule has 5 heteroatoms. The van der Waals surface area contributed by atoms with Gasteiger partial charge in [0.25, 0.3) is 5.91 Å². The molecule has 0 atom stereocenters. The molecule has 1 aliphatic rings. The van der Waals surface area contributed by atoms with E-state index in [4.69, 9.17) is 4.74 Å². The van der Waals surface area contributed by atoms with Gasteiger partial charge in [-0.05, 0) is 52.9 Å². The summed E-state index contributed by atoms with van der Waals surface area (Å²) >= 11 is 0. The summed E-state index contributed by atoms with van der Waals surface area (Å²) in [5.74, 6) is -0.788. The van der Waals surface area contributed by atoms with E-state index in [-0.39, 0.29) is 17.6 Å². The zero-order valence-electron chi connectivity index (χ0n) is 18.3. The minimum absolute atomic E-state index is 0.0510. The van der Waals surface area contributed by atoms with Crippen LogP contribution in [0.5, 0.6) is 0 Å². The quantitative estimate of drug-likeness (QED) is 0.385. The Labute approximate surface area is 186 Å². The second-order valence-corrected chi connectivity index (χ2v) is 8.05. The summed E-state index contributed by atoms with van der Waals surface area (Å²) in [7, 11) is 1.34. The zero-order valence-corrected chi connectivity index (χ0v) is 18.3. The smallest absolute Gasteiger partial charge is 0.337 e. The fourth-order valence-electron chi connectivity index (χ4n) is 4.19. The minimum atomic E-state index is -0.418. The number of esters is 1. The van der Waals surface area contributed by atoms with Gasteiger partial charge in [-0.3, -0.25) is 4.79 Å². The van der Waals surface area contributed by atoms with Crippen molar-refractivity contribution >= 4 is 28.7 Å². The van der Waals surface area contributed by atoms with Gasteiger partial charge in [-0.1, -0.05) is 56.3 Å². The third-order valence-corrected chi connectivity index (χ3v) is 5.61. The molecule has 0 saturated carbocycles. The third kappa shape index (κ3) is 3.94. The van der Waals surface area contributed by atoms with Crippen molar-refractivity contribution in [3.8, 4) is 0 Å². The number of fused-ring (bicyclic) bond motifs is 1. The molecule has 0 N–H and O–H groups in total. The van der Waals surface area contributed by atoms with Crippen molar-refractivity contribution in [2.75, 3.05) is 12.0 Å². The fraction of sp³-hybridized carbons (Fsp3) is 0.185. The first kappa shape index (κ1) is 21.5. The maximum Gasteiger partial charge on any atom is 0.337 e. The standard InChI is InChI=1S/C27H24FNO3/c1-17(2)24(19-11-13-21(28)14-12-19)25-22-9-4-5-10-23(22)29(26(25)30)16-18-7-6-8-20(15-18)27(31)32-3/h4-15,17H,16H2,1-3H3. The number of halogens is 1. The number of hydrogen-bond acceptors (Lipinski definition) is 3. The van der Waals surface area contributed by atoms with Crippen LogP contribution in [0.2, 0.25) is 0 Å². The first-order chi connectivity index (χ1) is 15.4. The lowest BCUT2D eigenvalue weighted by Gasteiger charge is -2.19. The molecule has 0 radical (unpaired) electrons. The molecule has 3 aromatic carbocycles. The lowest BCUT2D eigenvalue weighted by molar-refractivity contribution is -0.113. The highest BCUT2D eigenvalue weighted by Crippen LogP contribution is 2.43. The highest BCUT2D eigenvalue weighted by Gasteiger charge is 2.35.